The lowest BCUT2D eigenvalue weighted by atomic mass is 9.68. The van der Waals surface area contributed by atoms with Crippen molar-refractivity contribution in [2.24, 2.45) is 17.6 Å². The van der Waals surface area contributed by atoms with E-state index in [1.54, 1.807) is 0 Å². The maximum absolute atomic E-state index is 6.36. The molecular formula is C15H29N. The molecular weight excluding hydrogens is 194 g/mol. The minimum Gasteiger partial charge on any atom is -0.325 e. The van der Waals surface area contributed by atoms with Crippen LogP contribution in [0.5, 0.6) is 0 Å². The van der Waals surface area contributed by atoms with E-state index in [9.17, 15) is 0 Å². The van der Waals surface area contributed by atoms with Crippen LogP contribution in [0.15, 0.2) is 0 Å². The summed E-state index contributed by atoms with van der Waals surface area (Å²) < 4.78 is 0. The lowest BCUT2D eigenvalue weighted by Gasteiger charge is -2.38. The molecule has 0 spiro atoms. The monoisotopic (exact) mass is 223 g/mol. The molecule has 0 bridgehead atoms. The Labute approximate surface area is 101 Å². The van der Waals surface area contributed by atoms with Crippen LogP contribution < -0.4 is 5.73 Å². The van der Waals surface area contributed by atoms with Crippen molar-refractivity contribution >= 4 is 0 Å². The van der Waals surface area contributed by atoms with Crippen molar-refractivity contribution in [3.05, 3.63) is 0 Å². The zero-order chi connectivity index (χ0) is 11.4. The van der Waals surface area contributed by atoms with E-state index in [1.165, 1.54) is 70.6 Å². The fraction of sp³-hybridized carbons (Fsp3) is 1.00. The second-order valence-corrected chi connectivity index (χ2v) is 6.60. The van der Waals surface area contributed by atoms with Crippen molar-refractivity contribution in [2.75, 3.05) is 0 Å². The van der Waals surface area contributed by atoms with Crippen LogP contribution in [0.25, 0.3) is 0 Å². The summed E-state index contributed by atoms with van der Waals surface area (Å²) in [5, 5.41) is 0. The van der Waals surface area contributed by atoms with Crippen LogP contribution in [0.4, 0.5) is 0 Å². The molecule has 2 fully saturated rings. The van der Waals surface area contributed by atoms with E-state index >= 15 is 0 Å². The van der Waals surface area contributed by atoms with Crippen molar-refractivity contribution in [3.8, 4) is 0 Å². The second-order valence-electron chi connectivity index (χ2n) is 6.60. The molecule has 0 aromatic rings. The van der Waals surface area contributed by atoms with E-state index in [2.05, 4.69) is 6.92 Å². The molecule has 0 heterocycles. The molecule has 16 heavy (non-hydrogen) atoms. The molecule has 94 valence electrons. The number of fused-ring (bicyclic) bond motifs is 1. The zero-order valence-corrected chi connectivity index (χ0v) is 11.0. The molecule has 1 nitrogen and oxygen atoms in total. The summed E-state index contributed by atoms with van der Waals surface area (Å²) >= 11 is 0. The SMILES string of the molecule is CC1(N)CCCCCCC2CCC2CCC1. The van der Waals surface area contributed by atoms with Crippen molar-refractivity contribution in [1.82, 2.24) is 0 Å². The van der Waals surface area contributed by atoms with Crippen LogP contribution in [0.2, 0.25) is 0 Å². The minimum absolute atomic E-state index is 0.123. The lowest BCUT2D eigenvalue weighted by Crippen LogP contribution is -2.36. The van der Waals surface area contributed by atoms with Gasteiger partial charge in [-0.1, -0.05) is 44.9 Å². The smallest absolute Gasteiger partial charge is 0.0125 e. The van der Waals surface area contributed by atoms with Gasteiger partial charge >= 0.3 is 0 Å². The summed E-state index contributed by atoms with van der Waals surface area (Å²) in [4.78, 5) is 0. The Kier molecular flexibility index (Phi) is 4.29. The predicted octanol–water partition coefficient (Wildman–Crippen LogP) is 4.25. The molecule has 1 heteroatoms. The van der Waals surface area contributed by atoms with Gasteiger partial charge in [-0.2, -0.15) is 0 Å². The van der Waals surface area contributed by atoms with Crippen molar-refractivity contribution in [2.45, 2.75) is 83.1 Å². The fourth-order valence-electron chi connectivity index (χ4n) is 3.58. The Morgan fingerprint density at radius 2 is 1.31 bits per heavy atom. The van der Waals surface area contributed by atoms with E-state index in [0.29, 0.717) is 0 Å². The first-order chi connectivity index (χ1) is 7.67. The van der Waals surface area contributed by atoms with E-state index in [4.69, 9.17) is 5.73 Å². The summed E-state index contributed by atoms with van der Waals surface area (Å²) in [6, 6.07) is 0. The highest BCUT2D eigenvalue weighted by atomic mass is 14.7. The van der Waals surface area contributed by atoms with Crippen molar-refractivity contribution < 1.29 is 0 Å². The Balaban J connectivity index is 1.81. The molecule has 0 saturated heterocycles. The van der Waals surface area contributed by atoms with Gasteiger partial charge in [-0.05, 0) is 44.4 Å². The normalized spacial score (nSPS) is 42.4. The first-order valence-electron chi connectivity index (χ1n) is 7.46. The molecule has 2 aliphatic rings. The summed E-state index contributed by atoms with van der Waals surface area (Å²) in [5.41, 5.74) is 6.48. The van der Waals surface area contributed by atoms with Gasteiger partial charge in [0, 0.05) is 5.54 Å². The molecule has 0 radical (unpaired) electrons. The summed E-state index contributed by atoms with van der Waals surface area (Å²) in [5.74, 6) is 2.15. The average Bonchev–Trinajstić information content (AvgIpc) is 2.20. The lowest BCUT2D eigenvalue weighted by molar-refractivity contribution is 0.140. The zero-order valence-electron chi connectivity index (χ0n) is 11.0. The van der Waals surface area contributed by atoms with Gasteiger partial charge in [-0.15, -0.1) is 0 Å². The van der Waals surface area contributed by atoms with Gasteiger partial charge in [0.2, 0.25) is 0 Å². The Bertz CT molecular complexity index is 209. The molecule has 2 saturated carbocycles. The van der Waals surface area contributed by atoms with Crippen LogP contribution in [0, 0.1) is 11.8 Å². The van der Waals surface area contributed by atoms with Crippen LogP contribution in [-0.2, 0) is 0 Å². The van der Waals surface area contributed by atoms with Gasteiger partial charge in [0.15, 0.2) is 0 Å². The van der Waals surface area contributed by atoms with Gasteiger partial charge < -0.3 is 5.73 Å². The number of nitrogens with two attached hydrogens (primary N) is 1. The first kappa shape index (κ1) is 12.4. The van der Waals surface area contributed by atoms with Crippen LogP contribution >= 0.6 is 0 Å². The van der Waals surface area contributed by atoms with E-state index < -0.39 is 0 Å². The quantitative estimate of drug-likeness (QED) is 0.652. The average molecular weight is 223 g/mol. The molecule has 0 aliphatic heterocycles. The third kappa shape index (κ3) is 3.48. The summed E-state index contributed by atoms with van der Waals surface area (Å²) in [6.45, 7) is 2.26. The molecule has 0 aromatic carbocycles. The first-order valence-corrected chi connectivity index (χ1v) is 7.46. The summed E-state index contributed by atoms with van der Waals surface area (Å²) in [7, 11) is 0. The molecule has 0 amide bonds. The van der Waals surface area contributed by atoms with Crippen molar-refractivity contribution in [3.63, 3.8) is 0 Å². The Morgan fingerprint density at radius 1 is 0.750 bits per heavy atom. The van der Waals surface area contributed by atoms with Gasteiger partial charge in [0.05, 0.1) is 0 Å². The van der Waals surface area contributed by atoms with Gasteiger partial charge in [-0.25, -0.2) is 0 Å². The van der Waals surface area contributed by atoms with Gasteiger partial charge in [0.1, 0.15) is 0 Å². The molecule has 0 aromatic heterocycles. The van der Waals surface area contributed by atoms with Gasteiger partial charge in [0.25, 0.3) is 0 Å². The maximum atomic E-state index is 6.36. The summed E-state index contributed by atoms with van der Waals surface area (Å²) in [6.07, 6.45) is 15.5. The topological polar surface area (TPSA) is 26.0 Å². The third-order valence-corrected chi connectivity index (χ3v) is 4.97. The Morgan fingerprint density at radius 3 is 2.00 bits per heavy atom. The number of hydrogen-bond acceptors (Lipinski definition) is 1. The molecule has 2 N–H and O–H groups in total. The van der Waals surface area contributed by atoms with Crippen LogP contribution in [0.3, 0.4) is 0 Å². The van der Waals surface area contributed by atoms with Gasteiger partial charge in [-0.3, -0.25) is 0 Å². The molecule has 3 unspecified atom stereocenters. The largest absolute Gasteiger partial charge is 0.325 e. The number of hydrogen-bond donors (Lipinski definition) is 1. The van der Waals surface area contributed by atoms with Crippen LogP contribution in [0.1, 0.15) is 77.6 Å². The van der Waals surface area contributed by atoms with Crippen LogP contribution in [-0.4, -0.2) is 5.54 Å². The van der Waals surface area contributed by atoms with E-state index in [-0.39, 0.29) is 5.54 Å². The fourth-order valence-corrected chi connectivity index (χ4v) is 3.58. The minimum atomic E-state index is 0.123. The van der Waals surface area contributed by atoms with E-state index in [1.807, 2.05) is 0 Å². The second kappa shape index (κ2) is 5.53. The Hall–Kier alpha value is -0.0400. The molecule has 2 aliphatic carbocycles. The molecule has 2 rings (SSSR count). The number of rotatable bonds is 0. The highest BCUT2D eigenvalue weighted by molar-refractivity contribution is 4.84. The van der Waals surface area contributed by atoms with E-state index in [0.717, 1.165) is 11.8 Å². The maximum Gasteiger partial charge on any atom is 0.0125 e. The van der Waals surface area contributed by atoms with Crippen molar-refractivity contribution in [1.29, 1.82) is 0 Å². The molecule has 3 atom stereocenters. The third-order valence-electron chi connectivity index (χ3n) is 4.97. The highest BCUT2D eigenvalue weighted by Crippen LogP contribution is 2.41. The highest BCUT2D eigenvalue weighted by Gasteiger charge is 2.30. The standard InChI is InChI=1S/C15H29N/c1-15(16)11-5-3-2-4-7-13-9-10-14(13)8-6-12-15/h13-14H,2-12,16H2,1H3. The predicted molar refractivity (Wildman–Crippen MR) is 70.4 cm³/mol.